The molecule has 0 radical (unpaired) electrons. The van der Waals surface area contributed by atoms with Crippen LogP contribution in [0.25, 0.3) is 0 Å². The Hall–Kier alpha value is -1.09. The molecule has 3 fully saturated rings. The van der Waals surface area contributed by atoms with Gasteiger partial charge in [0.25, 0.3) is 0 Å². The number of aliphatic carboxylic acids is 1. The van der Waals surface area contributed by atoms with Crippen molar-refractivity contribution in [3.63, 3.8) is 0 Å². The van der Waals surface area contributed by atoms with Crippen molar-refractivity contribution in [2.45, 2.75) is 56.9 Å². The summed E-state index contributed by atoms with van der Waals surface area (Å²) in [5, 5.41) is 23.4. The van der Waals surface area contributed by atoms with Crippen molar-refractivity contribution in [1.29, 1.82) is 0 Å². The number of nitrogens with one attached hydrogen (secondary N) is 1. The molecular formula is C22H35N3O4S. The SMILES string of the molecule is CNC[C@H]1CC[C@H](CN2CC(SC3=C(C(=O)O)N4C(=O)[C@H]([C@@H](C)O)[C@H]4[C@H]3C)C2)CC1. The fourth-order valence-electron chi connectivity index (χ4n) is 5.88. The minimum Gasteiger partial charge on any atom is -0.477 e. The Balaban J connectivity index is 1.30. The molecule has 4 atom stereocenters. The number of nitrogens with zero attached hydrogens (tertiary/aromatic N) is 2. The first-order valence-electron chi connectivity index (χ1n) is 11.3. The summed E-state index contributed by atoms with van der Waals surface area (Å²) in [6.07, 6.45) is 4.51. The molecule has 0 spiro atoms. The van der Waals surface area contributed by atoms with Crippen molar-refractivity contribution in [1.82, 2.24) is 15.1 Å². The zero-order valence-electron chi connectivity index (χ0n) is 18.2. The van der Waals surface area contributed by atoms with Crippen LogP contribution in [0.1, 0.15) is 39.5 Å². The van der Waals surface area contributed by atoms with Crippen molar-refractivity contribution in [2.24, 2.45) is 23.7 Å². The number of hydrogen-bond acceptors (Lipinski definition) is 6. The van der Waals surface area contributed by atoms with Gasteiger partial charge in [0.2, 0.25) is 5.91 Å². The Morgan fingerprint density at radius 2 is 1.87 bits per heavy atom. The number of aliphatic hydroxyl groups excluding tert-OH is 1. The molecule has 7 nitrogen and oxygen atoms in total. The van der Waals surface area contributed by atoms with E-state index >= 15 is 0 Å². The Morgan fingerprint density at radius 3 is 2.43 bits per heavy atom. The Kier molecular flexibility index (Phi) is 6.49. The van der Waals surface area contributed by atoms with Gasteiger partial charge in [-0.05, 0) is 58.0 Å². The zero-order chi connectivity index (χ0) is 21.6. The Labute approximate surface area is 183 Å². The van der Waals surface area contributed by atoms with Crippen LogP contribution in [-0.4, -0.2) is 82.5 Å². The minimum atomic E-state index is -1.03. The third-order valence-electron chi connectivity index (χ3n) is 7.50. The van der Waals surface area contributed by atoms with Crippen molar-refractivity contribution < 1.29 is 19.8 Å². The predicted octanol–water partition coefficient (Wildman–Crippen LogP) is 1.58. The number of rotatable bonds is 8. The largest absolute Gasteiger partial charge is 0.477 e. The van der Waals surface area contributed by atoms with Crippen LogP contribution in [0.4, 0.5) is 0 Å². The van der Waals surface area contributed by atoms with E-state index in [1.807, 2.05) is 14.0 Å². The molecule has 30 heavy (non-hydrogen) atoms. The summed E-state index contributed by atoms with van der Waals surface area (Å²) < 4.78 is 0. The number of carbonyl (C=O) groups is 2. The lowest BCUT2D eigenvalue weighted by Gasteiger charge is -2.46. The predicted molar refractivity (Wildman–Crippen MR) is 117 cm³/mol. The number of thioether (sulfide) groups is 1. The van der Waals surface area contributed by atoms with Gasteiger partial charge in [0, 0.05) is 35.7 Å². The summed E-state index contributed by atoms with van der Waals surface area (Å²) in [5.41, 5.74) is 0.153. The maximum atomic E-state index is 12.4. The molecule has 0 aromatic carbocycles. The molecule has 1 saturated carbocycles. The van der Waals surface area contributed by atoms with Gasteiger partial charge in [0.1, 0.15) is 5.70 Å². The molecule has 1 aliphatic carbocycles. The quantitative estimate of drug-likeness (QED) is 0.497. The highest BCUT2D eigenvalue weighted by Crippen LogP contribution is 2.52. The van der Waals surface area contributed by atoms with E-state index in [0.29, 0.717) is 5.25 Å². The van der Waals surface area contributed by atoms with E-state index in [2.05, 4.69) is 10.2 Å². The number of carbonyl (C=O) groups excluding carboxylic acids is 1. The van der Waals surface area contributed by atoms with Gasteiger partial charge in [-0.3, -0.25) is 4.79 Å². The van der Waals surface area contributed by atoms with E-state index in [0.717, 1.165) is 42.9 Å². The smallest absolute Gasteiger partial charge is 0.353 e. The van der Waals surface area contributed by atoms with Gasteiger partial charge >= 0.3 is 5.97 Å². The topological polar surface area (TPSA) is 93.1 Å². The average Bonchev–Trinajstić information content (AvgIpc) is 2.90. The number of carboxylic acid groups (broad SMARTS) is 1. The Morgan fingerprint density at radius 1 is 1.23 bits per heavy atom. The Bertz CT molecular complexity index is 713. The highest BCUT2D eigenvalue weighted by molar-refractivity contribution is 8.03. The van der Waals surface area contributed by atoms with Crippen LogP contribution in [-0.2, 0) is 9.59 Å². The van der Waals surface area contributed by atoms with E-state index in [1.54, 1.807) is 18.7 Å². The fourth-order valence-corrected chi connectivity index (χ4v) is 7.46. The third-order valence-corrected chi connectivity index (χ3v) is 8.95. The number of hydrogen-bond donors (Lipinski definition) is 3. The molecule has 3 heterocycles. The van der Waals surface area contributed by atoms with Gasteiger partial charge in [-0.1, -0.05) is 6.92 Å². The van der Waals surface area contributed by atoms with Crippen LogP contribution >= 0.6 is 11.8 Å². The minimum absolute atomic E-state index is 0.0325. The summed E-state index contributed by atoms with van der Waals surface area (Å²) in [6.45, 7) is 7.88. The lowest BCUT2D eigenvalue weighted by Crippen LogP contribution is -2.63. The van der Waals surface area contributed by atoms with Crippen LogP contribution in [0.15, 0.2) is 10.6 Å². The number of β-lactam (4-membered cyclic amide) rings is 1. The second-order valence-electron chi connectivity index (χ2n) is 9.67. The van der Waals surface area contributed by atoms with Gasteiger partial charge in [0.15, 0.2) is 0 Å². The highest BCUT2D eigenvalue weighted by Gasteiger charge is 2.60. The number of aliphatic hydroxyl groups is 1. The van der Waals surface area contributed by atoms with Gasteiger partial charge in [-0.25, -0.2) is 4.79 Å². The van der Waals surface area contributed by atoms with Gasteiger partial charge < -0.3 is 25.3 Å². The first kappa shape index (κ1) is 22.1. The van der Waals surface area contributed by atoms with Gasteiger partial charge in [-0.2, -0.15) is 0 Å². The molecule has 0 aromatic rings. The monoisotopic (exact) mass is 437 g/mol. The lowest BCUT2D eigenvalue weighted by atomic mass is 9.79. The number of carboxylic acids is 1. The number of likely N-dealkylation sites (tertiary alicyclic amines) is 1. The summed E-state index contributed by atoms with van der Waals surface area (Å²) in [6, 6.07) is -0.213. The van der Waals surface area contributed by atoms with Crippen molar-refractivity contribution in [2.75, 3.05) is 33.2 Å². The first-order chi connectivity index (χ1) is 14.3. The lowest BCUT2D eigenvalue weighted by molar-refractivity contribution is -0.163. The molecule has 2 saturated heterocycles. The zero-order valence-corrected chi connectivity index (χ0v) is 19.0. The molecular weight excluding hydrogens is 402 g/mol. The van der Waals surface area contributed by atoms with E-state index in [9.17, 15) is 19.8 Å². The molecule has 3 N–H and O–H groups in total. The maximum Gasteiger partial charge on any atom is 0.353 e. The van der Waals surface area contributed by atoms with E-state index in [-0.39, 0.29) is 23.6 Å². The molecule has 1 amide bonds. The molecule has 4 rings (SSSR count). The maximum absolute atomic E-state index is 12.4. The molecule has 8 heteroatoms. The van der Waals surface area contributed by atoms with E-state index in [4.69, 9.17) is 0 Å². The van der Waals surface area contributed by atoms with Crippen LogP contribution in [0, 0.1) is 23.7 Å². The summed E-state index contributed by atoms with van der Waals surface area (Å²) in [4.78, 5) is 29.1. The first-order valence-corrected chi connectivity index (χ1v) is 12.2. The summed E-state index contributed by atoms with van der Waals surface area (Å²) in [7, 11) is 2.03. The second-order valence-corrected chi connectivity index (χ2v) is 11.0. The van der Waals surface area contributed by atoms with Crippen LogP contribution in [0.2, 0.25) is 0 Å². The van der Waals surface area contributed by atoms with E-state index in [1.165, 1.54) is 30.6 Å². The van der Waals surface area contributed by atoms with E-state index < -0.39 is 18.0 Å². The van der Waals surface area contributed by atoms with Gasteiger partial charge in [0.05, 0.1) is 18.1 Å². The second kappa shape index (κ2) is 8.81. The fraction of sp³-hybridized carbons (Fsp3) is 0.818. The third kappa shape index (κ3) is 3.92. The average molecular weight is 438 g/mol. The number of fused-ring (bicyclic) bond motifs is 1. The highest BCUT2D eigenvalue weighted by atomic mass is 32.2. The standard InChI is InChI=1S/C22H35N3O4S/c1-12-18-17(13(2)26)21(27)25(18)19(22(28)29)20(12)30-16-10-24(11-16)9-15-6-4-14(5-7-15)8-23-3/h12-18,23,26H,4-11H2,1-3H3,(H,28,29)/t12-,13-,14-,15-,17-,18-/m1/s1. The summed E-state index contributed by atoms with van der Waals surface area (Å²) in [5.74, 6) is -0.180. The van der Waals surface area contributed by atoms with Gasteiger partial charge in [-0.15, -0.1) is 11.8 Å². The molecule has 0 aromatic heterocycles. The molecule has 0 unspecified atom stereocenters. The van der Waals surface area contributed by atoms with Crippen molar-refractivity contribution in [3.8, 4) is 0 Å². The van der Waals surface area contributed by atoms with Crippen LogP contribution in [0.5, 0.6) is 0 Å². The molecule has 3 aliphatic heterocycles. The molecule has 0 bridgehead atoms. The molecule has 168 valence electrons. The van der Waals surface area contributed by atoms with Crippen molar-refractivity contribution >= 4 is 23.6 Å². The number of amides is 1. The van der Waals surface area contributed by atoms with Crippen LogP contribution < -0.4 is 5.32 Å². The molecule has 4 aliphatic rings. The van der Waals surface area contributed by atoms with Crippen LogP contribution in [0.3, 0.4) is 0 Å². The summed E-state index contributed by atoms with van der Waals surface area (Å²) >= 11 is 1.65. The van der Waals surface area contributed by atoms with Crippen molar-refractivity contribution in [3.05, 3.63) is 10.6 Å². The normalized spacial score (nSPS) is 35.8.